The van der Waals surface area contributed by atoms with Crippen LogP contribution in [0.1, 0.15) is 11.1 Å². The zero-order chi connectivity index (χ0) is 11.7. The summed E-state index contributed by atoms with van der Waals surface area (Å²) in [6.07, 6.45) is 0. The van der Waals surface area contributed by atoms with E-state index in [0.29, 0.717) is 0 Å². The topological polar surface area (TPSA) is 0 Å². The van der Waals surface area contributed by atoms with Crippen LogP contribution < -0.4 is 0 Å². The molecule has 0 nitrogen and oxygen atoms in total. The van der Waals surface area contributed by atoms with Gasteiger partial charge in [0.1, 0.15) is 0 Å². The van der Waals surface area contributed by atoms with Gasteiger partial charge in [0.2, 0.25) is 0 Å². The van der Waals surface area contributed by atoms with Crippen molar-refractivity contribution in [3.63, 3.8) is 0 Å². The highest BCUT2D eigenvalue weighted by Gasteiger charge is 2.09. The molecule has 2 heteroatoms. The van der Waals surface area contributed by atoms with Crippen LogP contribution in [0.3, 0.4) is 0 Å². The molecule has 0 N–H and O–H groups in total. The fourth-order valence-corrected chi connectivity index (χ4v) is 2.52. The van der Waals surface area contributed by atoms with Crippen molar-refractivity contribution in [2.24, 2.45) is 0 Å². The van der Waals surface area contributed by atoms with Crippen LogP contribution in [0.4, 0.5) is 0 Å². The number of aryl methyl sites for hydroxylation is 2. The molecular formula is C14H12BrCl. The van der Waals surface area contributed by atoms with Crippen molar-refractivity contribution in [3.8, 4) is 11.1 Å². The Balaban J connectivity index is 2.72. The summed E-state index contributed by atoms with van der Waals surface area (Å²) in [5, 5.41) is 0.807. The molecular weight excluding hydrogens is 284 g/mol. The van der Waals surface area contributed by atoms with Crippen molar-refractivity contribution in [2.45, 2.75) is 13.8 Å². The summed E-state index contributed by atoms with van der Waals surface area (Å²) < 4.78 is 1.08. The smallest absolute Gasteiger partial charge is 0.0487 e. The van der Waals surface area contributed by atoms with E-state index in [1.165, 1.54) is 16.7 Å². The first-order chi connectivity index (χ1) is 7.59. The second kappa shape index (κ2) is 4.60. The predicted molar refractivity (Wildman–Crippen MR) is 74.1 cm³/mol. The molecule has 0 aromatic heterocycles. The minimum Gasteiger partial charge on any atom is -0.0837 e. The fourth-order valence-electron chi connectivity index (χ4n) is 1.84. The van der Waals surface area contributed by atoms with Gasteiger partial charge in [0.15, 0.2) is 0 Å². The largest absolute Gasteiger partial charge is 0.0837 e. The van der Waals surface area contributed by atoms with Crippen LogP contribution in [-0.2, 0) is 0 Å². The molecule has 82 valence electrons. The summed E-state index contributed by atoms with van der Waals surface area (Å²) in [6, 6.07) is 12.3. The maximum atomic E-state index is 6.27. The molecule has 0 heterocycles. The van der Waals surface area contributed by atoms with E-state index < -0.39 is 0 Å². The van der Waals surface area contributed by atoms with Crippen molar-refractivity contribution in [1.29, 1.82) is 0 Å². The lowest BCUT2D eigenvalue weighted by molar-refractivity contribution is 1.40. The van der Waals surface area contributed by atoms with Crippen molar-refractivity contribution in [3.05, 3.63) is 57.0 Å². The van der Waals surface area contributed by atoms with Gasteiger partial charge in [0.05, 0.1) is 0 Å². The van der Waals surface area contributed by atoms with Gasteiger partial charge in [0.25, 0.3) is 0 Å². The molecule has 0 saturated heterocycles. The Hall–Kier alpha value is -0.790. The lowest BCUT2D eigenvalue weighted by atomic mass is 9.97. The lowest BCUT2D eigenvalue weighted by Crippen LogP contribution is -1.88. The number of hydrogen-bond acceptors (Lipinski definition) is 0. The lowest BCUT2D eigenvalue weighted by Gasteiger charge is -2.11. The third-order valence-electron chi connectivity index (χ3n) is 2.69. The second-order valence-electron chi connectivity index (χ2n) is 3.89. The maximum absolute atomic E-state index is 6.27. The van der Waals surface area contributed by atoms with E-state index in [1.807, 2.05) is 18.2 Å². The molecule has 2 aromatic rings. The van der Waals surface area contributed by atoms with Crippen LogP contribution in [0, 0.1) is 13.8 Å². The van der Waals surface area contributed by atoms with E-state index in [4.69, 9.17) is 11.6 Å². The first-order valence-corrected chi connectivity index (χ1v) is 6.28. The van der Waals surface area contributed by atoms with Gasteiger partial charge in [-0.3, -0.25) is 0 Å². The summed E-state index contributed by atoms with van der Waals surface area (Å²) in [6.45, 7) is 4.19. The first kappa shape index (κ1) is 11.7. The molecule has 0 radical (unpaired) electrons. The molecule has 2 aromatic carbocycles. The van der Waals surface area contributed by atoms with Gasteiger partial charge in [-0.25, -0.2) is 0 Å². The van der Waals surface area contributed by atoms with E-state index >= 15 is 0 Å². The molecule has 0 aliphatic heterocycles. The van der Waals surface area contributed by atoms with Gasteiger partial charge < -0.3 is 0 Å². The van der Waals surface area contributed by atoms with Crippen LogP contribution in [0.2, 0.25) is 5.02 Å². The number of rotatable bonds is 1. The quantitative estimate of drug-likeness (QED) is 0.662. The average molecular weight is 296 g/mol. The van der Waals surface area contributed by atoms with Crippen molar-refractivity contribution < 1.29 is 0 Å². The Morgan fingerprint density at radius 1 is 1.00 bits per heavy atom. The number of benzene rings is 2. The van der Waals surface area contributed by atoms with Gasteiger partial charge in [-0.1, -0.05) is 45.7 Å². The van der Waals surface area contributed by atoms with Crippen LogP contribution in [0.5, 0.6) is 0 Å². The Kier molecular flexibility index (Phi) is 3.36. The van der Waals surface area contributed by atoms with Crippen LogP contribution in [-0.4, -0.2) is 0 Å². The predicted octanol–water partition coefficient (Wildman–Crippen LogP) is 5.39. The zero-order valence-corrected chi connectivity index (χ0v) is 11.6. The normalized spacial score (nSPS) is 10.5. The molecule has 0 amide bonds. The van der Waals surface area contributed by atoms with E-state index in [9.17, 15) is 0 Å². The highest BCUT2D eigenvalue weighted by atomic mass is 79.9. The summed E-state index contributed by atoms with van der Waals surface area (Å²) in [7, 11) is 0. The van der Waals surface area contributed by atoms with Crippen molar-refractivity contribution in [2.75, 3.05) is 0 Å². The second-order valence-corrected chi connectivity index (χ2v) is 5.21. The van der Waals surface area contributed by atoms with E-state index in [1.54, 1.807) is 0 Å². The summed E-state index contributed by atoms with van der Waals surface area (Å²) in [5.41, 5.74) is 4.76. The number of halogens is 2. The highest BCUT2D eigenvalue weighted by Crippen LogP contribution is 2.34. The summed E-state index contributed by atoms with van der Waals surface area (Å²) >= 11 is 9.77. The molecule has 0 aliphatic rings. The highest BCUT2D eigenvalue weighted by molar-refractivity contribution is 9.10. The molecule has 2 rings (SSSR count). The van der Waals surface area contributed by atoms with Crippen molar-refractivity contribution >= 4 is 27.5 Å². The molecule has 0 aliphatic carbocycles. The minimum atomic E-state index is 0.807. The van der Waals surface area contributed by atoms with Gasteiger partial charge in [0, 0.05) is 15.1 Å². The van der Waals surface area contributed by atoms with E-state index in [0.717, 1.165) is 15.1 Å². The maximum Gasteiger partial charge on any atom is 0.0487 e. The molecule has 0 spiro atoms. The average Bonchev–Trinajstić information content (AvgIpc) is 2.23. The first-order valence-electron chi connectivity index (χ1n) is 5.11. The fraction of sp³-hybridized carbons (Fsp3) is 0.143. The van der Waals surface area contributed by atoms with Crippen LogP contribution in [0.25, 0.3) is 11.1 Å². The standard InChI is InChI=1S/C14H12BrCl/c1-9-6-7-11(15)8-12(9)14-10(2)4-3-5-13(14)16/h3-8H,1-2H3. The van der Waals surface area contributed by atoms with E-state index in [2.05, 4.69) is 48.0 Å². The Morgan fingerprint density at radius 2 is 1.75 bits per heavy atom. The van der Waals surface area contributed by atoms with Gasteiger partial charge in [-0.05, 0) is 48.7 Å². The molecule has 0 atom stereocenters. The van der Waals surface area contributed by atoms with E-state index in [-0.39, 0.29) is 0 Å². The Morgan fingerprint density at radius 3 is 2.44 bits per heavy atom. The third kappa shape index (κ3) is 2.16. The monoisotopic (exact) mass is 294 g/mol. The Labute approximate surface area is 109 Å². The molecule has 0 bridgehead atoms. The van der Waals surface area contributed by atoms with Crippen LogP contribution >= 0.6 is 27.5 Å². The minimum absolute atomic E-state index is 0.807. The molecule has 0 unspecified atom stereocenters. The van der Waals surface area contributed by atoms with Gasteiger partial charge in [-0.15, -0.1) is 0 Å². The molecule has 16 heavy (non-hydrogen) atoms. The number of hydrogen-bond donors (Lipinski definition) is 0. The zero-order valence-electron chi connectivity index (χ0n) is 9.22. The molecule has 0 fully saturated rings. The van der Waals surface area contributed by atoms with Gasteiger partial charge >= 0.3 is 0 Å². The van der Waals surface area contributed by atoms with Crippen molar-refractivity contribution in [1.82, 2.24) is 0 Å². The summed E-state index contributed by atoms with van der Waals surface area (Å²) in [5.74, 6) is 0. The SMILES string of the molecule is Cc1ccc(Br)cc1-c1c(C)cccc1Cl. The van der Waals surface area contributed by atoms with Gasteiger partial charge in [-0.2, -0.15) is 0 Å². The summed E-state index contributed by atoms with van der Waals surface area (Å²) in [4.78, 5) is 0. The molecule has 0 saturated carbocycles. The van der Waals surface area contributed by atoms with Crippen LogP contribution in [0.15, 0.2) is 40.9 Å². The third-order valence-corrected chi connectivity index (χ3v) is 3.50. The Bertz CT molecular complexity index is 512.